The molecule has 4 saturated carbocycles. The quantitative estimate of drug-likeness (QED) is 0.405. The Kier molecular flexibility index (Phi) is 7.18. The molecular formula is C26H36N2O7. The Labute approximate surface area is 205 Å². The van der Waals surface area contributed by atoms with Crippen LogP contribution in [0.5, 0.6) is 0 Å². The van der Waals surface area contributed by atoms with Gasteiger partial charge in [0, 0.05) is 49.4 Å². The van der Waals surface area contributed by atoms with Crippen molar-refractivity contribution in [3.8, 4) is 0 Å². The number of Topliss-reactive ketones (excluding diaryl/α,β-unsaturated/α-hetero) is 2. The zero-order valence-electron chi connectivity index (χ0n) is 20.5. The number of fused-ring (bicyclic) bond motifs is 5. The molecule has 1 aliphatic heterocycles. The summed E-state index contributed by atoms with van der Waals surface area (Å²) in [6.45, 7) is 6.29. The minimum atomic E-state index is -1.26. The van der Waals surface area contributed by atoms with E-state index >= 15 is 0 Å². The van der Waals surface area contributed by atoms with Gasteiger partial charge in [0.05, 0.1) is 5.71 Å². The van der Waals surface area contributed by atoms with Crippen LogP contribution in [0.25, 0.3) is 0 Å². The summed E-state index contributed by atoms with van der Waals surface area (Å²) in [4.78, 5) is 50.5. The van der Waals surface area contributed by atoms with Gasteiger partial charge in [0.2, 0.25) is 0 Å². The predicted octanol–water partition coefficient (Wildman–Crippen LogP) is 2.83. The summed E-state index contributed by atoms with van der Waals surface area (Å²) >= 11 is 0. The van der Waals surface area contributed by atoms with Crippen LogP contribution in [0, 0.1) is 34.5 Å². The number of carbonyl (C=O) groups is 4. The minimum absolute atomic E-state index is 0.0734. The average Bonchev–Trinajstić information content (AvgIpc) is 3.07. The molecule has 9 heteroatoms. The number of hydrogen-bond acceptors (Lipinski definition) is 7. The van der Waals surface area contributed by atoms with Crippen LogP contribution in [0.4, 0.5) is 0 Å². The molecule has 0 amide bonds. The van der Waals surface area contributed by atoms with E-state index < -0.39 is 11.9 Å². The highest BCUT2D eigenvalue weighted by atomic mass is 16.6. The first-order valence-electron chi connectivity index (χ1n) is 12.7. The summed E-state index contributed by atoms with van der Waals surface area (Å²) in [5, 5.41) is 23.2. The first-order chi connectivity index (χ1) is 16.5. The lowest BCUT2D eigenvalue weighted by Gasteiger charge is -2.58. The van der Waals surface area contributed by atoms with Gasteiger partial charge in [-0.2, -0.15) is 0 Å². The maximum absolute atomic E-state index is 13.2. The minimum Gasteiger partial charge on any atom is -0.478 e. The molecule has 6 atom stereocenters. The van der Waals surface area contributed by atoms with Crippen molar-refractivity contribution in [2.75, 3.05) is 13.1 Å². The summed E-state index contributed by atoms with van der Waals surface area (Å²) in [7, 11) is 0. The number of carbonyl (C=O) groups excluding carboxylic acids is 2. The zero-order valence-corrected chi connectivity index (χ0v) is 20.5. The Morgan fingerprint density at radius 2 is 1.69 bits per heavy atom. The molecule has 4 aliphatic carbocycles. The van der Waals surface area contributed by atoms with Gasteiger partial charge in [0.25, 0.3) is 0 Å². The molecule has 1 heterocycles. The van der Waals surface area contributed by atoms with Crippen molar-refractivity contribution < 1.29 is 34.2 Å². The fourth-order valence-corrected chi connectivity index (χ4v) is 7.33. The highest BCUT2D eigenvalue weighted by Gasteiger charge is 2.62. The van der Waals surface area contributed by atoms with Crippen LogP contribution in [0.1, 0.15) is 65.2 Å². The number of aliphatic carboxylic acids is 2. The molecule has 5 aliphatic rings. The van der Waals surface area contributed by atoms with E-state index in [9.17, 15) is 19.2 Å². The number of hydrogen-bond donors (Lipinski definition) is 3. The van der Waals surface area contributed by atoms with Crippen LogP contribution in [0.3, 0.4) is 0 Å². The third-order valence-corrected chi connectivity index (χ3v) is 9.45. The van der Waals surface area contributed by atoms with Crippen molar-refractivity contribution in [3.05, 3.63) is 12.2 Å². The molecule has 0 radical (unpaired) electrons. The van der Waals surface area contributed by atoms with E-state index in [0.717, 1.165) is 63.7 Å². The van der Waals surface area contributed by atoms with Gasteiger partial charge in [0.15, 0.2) is 6.10 Å². The first kappa shape index (κ1) is 25.5. The van der Waals surface area contributed by atoms with E-state index in [4.69, 9.17) is 15.1 Å². The number of nitrogens with one attached hydrogen (secondary N) is 1. The van der Waals surface area contributed by atoms with Crippen molar-refractivity contribution >= 4 is 29.2 Å². The molecular weight excluding hydrogens is 452 g/mol. The predicted molar refractivity (Wildman–Crippen MR) is 127 cm³/mol. The number of carboxylic acids is 2. The maximum Gasteiger partial charge on any atom is 0.328 e. The lowest BCUT2D eigenvalue weighted by atomic mass is 9.45. The summed E-state index contributed by atoms with van der Waals surface area (Å²) in [5.41, 5.74) is 0.994. The van der Waals surface area contributed by atoms with Crippen molar-refractivity contribution in [2.24, 2.45) is 39.7 Å². The second kappa shape index (κ2) is 9.84. The highest BCUT2D eigenvalue weighted by molar-refractivity contribution is 5.93. The van der Waals surface area contributed by atoms with Gasteiger partial charge >= 0.3 is 11.9 Å². The third-order valence-electron chi connectivity index (χ3n) is 9.45. The van der Waals surface area contributed by atoms with Crippen LogP contribution in [-0.4, -0.2) is 58.6 Å². The van der Waals surface area contributed by atoms with Gasteiger partial charge in [-0.25, -0.2) is 9.59 Å². The molecule has 5 fully saturated rings. The molecule has 5 rings (SSSR count). The number of rotatable bonds is 4. The molecule has 3 N–H and O–H groups in total. The summed E-state index contributed by atoms with van der Waals surface area (Å²) in [5.74, 6) is -0.126. The van der Waals surface area contributed by atoms with Gasteiger partial charge < -0.3 is 20.4 Å². The summed E-state index contributed by atoms with van der Waals surface area (Å²) in [6.07, 6.45) is 8.62. The Balaban J connectivity index is 0.000000314. The number of nitrogens with zero attached hydrogens (tertiary/aromatic N) is 1. The number of ketones is 2. The summed E-state index contributed by atoms with van der Waals surface area (Å²) in [6, 6.07) is 0. The third kappa shape index (κ3) is 4.92. The van der Waals surface area contributed by atoms with Crippen molar-refractivity contribution in [3.63, 3.8) is 0 Å². The van der Waals surface area contributed by atoms with Crippen molar-refractivity contribution in [1.29, 1.82) is 0 Å². The van der Waals surface area contributed by atoms with Gasteiger partial charge in [-0.05, 0) is 61.7 Å². The standard InChI is InChI=1S/C22H32N2O3.C4H4O4/c1-21-7-5-13(24-27-14-11-23-12-14)9-18(21)19(25)10-15-16-3-4-20(26)22(16,2)8-6-17(15)21;5-3(6)1-2-4(7)8/h14-18,23H,3-12H2,1-2H3;1-2H,(H,5,6)(H,7,8)/b24-13+;2-1+/t15-,16-,17-,18?,21+,22-;/m0./s1. The van der Waals surface area contributed by atoms with Crippen LogP contribution < -0.4 is 5.32 Å². The van der Waals surface area contributed by atoms with Crippen LogP contribution in [0.2, 0.25) is 0 Å². The van der Waals surface area contributed by atoms with E-state index in [2.05, 4.69) is 24.3 Å². The van der Waals surface area contributed by atoms with Gasteiger partial charge in [0.1, 0.15) is 11.6 Å². The van der Waals surface area contributed by atoms with Gasteiger partial charge in [-0.15, -0.1) is 0 Å². The van der Waals surface area contributed by atoms with Gasteiger partial charge in [-0.3, -0.25) is 9.59 Å². The SMILES string of the molecule is C[C@]12CC/C(=N\OC3CNC3)CC1C(=O)C[C@@H]1[C@@H]2CC[C@]2(C)C(=O)CC[C@@H]12.O=C(O)/C=C/C(=O)O. The van der Waals surface area contributed by atoms with E-state index in [-0.39, 0.29) is 22.9 Å². The first-order valence-corrected chi connectivity index (χ1v) is 12.7. The molecule has 0 bridgehead atoms. The Morgan fingerprint density at radius 1 is 1.00 bits per heavy atom. The Hall–Kier alpha value is -2.55. The van der Waals surface area contributed by atoms with Gasteiger partial charge in [-0.1, -0.05) is 19.0 Å². The molecule has 0 aromatic heterocycles. The van der Waals surface area contributed by atoms with Crippen LogP contribution >= 0.6 is 0 Å². The van der Waals surface area contributed by atoms with Crippen LogP contribution in [-0.2, 0) is 24.0 Å². The van der Waals surface area contributed by atoms with Crippen LogP contribution in [0.15, 0.2) is 17.3 Å². The molecule has 1 saturated heterocycles. The molecule has 35 heavy (non-hydrogen) atoms. The maximum atomic E-state index is 13.2. The van der Waals surface area contributed by atoms with Crippen molar-refractivity contribution in [1.82, 2.24) is 5.32 Å². The largest absolute Gasteiger partial charge is 0.478 e. The van der Waals surface area contributed by atoms with E-state index in [1.54, 1.807) is 0 Å². The number of carboxylic acid groups (broad SMARTS) is 2. The fourth-order valence-electron chi connectivity index (χ4n) is 7.33. The smallest absolute Gasteiger partial charge is 0.328 e. The average molecular weight is 489 g/mol. The van der Waals surface area contributed by atoms with E-state index in [1.807, 2.05) is 0 Å². The van der Waals surface area contributed by atoms with E-state index in [0.29, 0.717) is 47.9 Å². The molecule has 192 valence electrons. The highest BCUT2D eigenvalue weighted by Crippen LogP contribution is 2.64. The topological polar surface area (TPSA) is 142 Å². The molecule has 9 nitrogen and oxygen atoms in total. The number of oxime groups is 1. The van der Waals surface area contributed by atoms with Crippen molar-refractivity contribution in [2.45, 2.75) is 71.3 Å². The zero-order chi connectivity index (χ0) is 25.4. The molecule has 0 aromatic rings. The normalized spacial score (nSPS) is 39.7. The molecule has 1 unspecified atom stereocenters. The Bertz CT molecular complexity index is 939. The lowest BCUT2D eigenvalue weighted by molar-refractivity contribution is -0.152. The fraction of sp³-hybridized carbons (Fsp3) is 0.731. The molecule has 0 spiro atoms. The van der Waals surface area contributed by atoms with E-state index in [1.165, 1.54) is 0 Å². The Morgan fingerprint density at radius 3 is 2.29 bits per heavy atom. The lowest BCUT2D eigenvalue weighted by Crippen LogP contribution is -2.56. The monoisotopic (exact) mass is 488 g/mol. The summed E-state index contributed by atoms with van der Waals surface area (Å²) < 4.78 is 0. The second-order valence-electron chi connectivity index (χ2n) is 11.3. The second-order valence-corrected chi connectivity index (χ2v) is 11.3. The molecule has 0 aromatic carbocycles.